The number of sulfonamides is 1. The van der Waals surface area contributed by atoms with E-state index in [1.54, 1.807) is 6.07 Å². The molecule has 1 aliphatic heterocycles. The molecule has 1 aromatic heterocycles. The highest BCUT2D eigenvalue weighted by atomic mass is 79.9. The molecule has 0 aromatic carbocycles. The smallest absolute Gasteiger partial charge is 0.229 e. The van der Waals surface area contributed by atoms with Crippen LogP contribution in [0.4, 0.5) is 0 Å². The van der Waals surface area contributed by atoms with Gasteiger partial charge in [-0.1, -0.05) is 0 Å². The Morgan fingerprint density at radius 3 is 2.42 bits per heavy atom. The maximum absolute atomic E-state index is 12.2. The first-order valence-electron chi connectivity index (χ1n) is 5.68. The topological polar surface area (TPSA) is 80.3 Å². The minimum Gasteiger partial charge on any atom is -0.229 e. The monoisotopic (exact) mass is 387 g/mol. The van der Waals surface area contributed by atoms with Crippen molar-refractivity contribution in [2.45, 2.75) is 30.0 Å². The lowest BCUT2D eigenvalue weighted by Gasteiger charge is -2.22. The van der Waals surface area contributed by atoms with Crippen molar-refractivity contribution in [3.8, 4) is 0 Å². The summed E-state index contributed by atoms with van der Waals surface area (Å²) in [5, 5.41) is 0. The zero-order chi connectivity index (χ0) is 14.3. The van der Waals surface area contributed by atoms with E-state index in [0.717, 1.165) is 20.7 Å². The largest absolute Gasteiger partial charge is 0.250 e. The van der Waals surface area contributed by atoms with Crippen molar-refractivity contribution >= 4 is 47.1 Å². The molecule has 0 aliphatic carbocycles. The molecule has 2 heterocycles. The van der Waals surface area contributed by atoms with E-state index in [1.807, 2.05) is 6.92 Å². The van der Waals surface area contributed by atoms with Gasteiger partial charge >= 0.3 is 0 Å². The Balaban J connectivity index is 2.10. The molecular weight excluding hydrogens is 374 g/mol. The number of nitrogens with one attached hydrogen (secondary N) is 1. The summed E-state index contributed by atoms with van der Waals surface area (Å²) in [5.41, 5.74) is 0.872. The summed E-state index contributed by atoms with van der Waals surface area (Å²) in [4.78, 5) is 0. The Bertz CT molecular complexity index is 644. The molecule has 1 aliphatic rings. The van der Waals surface area contributed by atoms with Crippen LogP contribution in [-0.4, -0.2) is 34.4 Å². The van der Waals surface area contributed by atoms with E-state index >= 15 is 0 Å². The molecule has 0 spiro atoms. The van der Waals surface area contributed by atoms with Crippen molar-refractivity contribution < 1.29 is 16.8 Å². The lowest BCUT2D eigenvalue weighted by Crippen LogP contribution is -2.40. The molecule has 5 nitrogen and oxygen atoms in total. The first-order valence-corrected chi connectivity index (χ1v) is 10.6. The van der Waals surface area contributed by atoms with Crippen LogP contribution in [0.25, 0.3) is 0 Å². The number of rotatable bonds is 3. The highest BCUT2D eigenvalue weighted by molar-refractivity contribution is 9.11. The average molecular weight is 388 g/mol. The van der Waals surface area contributed by atoms with Gasteiger partial charge in [-0.3, -0.25) is 0 Å². The third-order valence-electron chi connectivity index (χ3n) is 2.98. The number of halogens is 1. The molecule has 1 fully saturated rings. The molecule has 0 atom stereocenters. The van der Waals surface area contributed by atoms with E-state index in [9.17, 15) is 16.8 Å². The van der Waals surface area contributed by atoms with Crippen LogP contribution in [-0.2, 0) is 19.9 Å². The van der Waals surface area contributed by atoms with Gasteiger partial charge in [-0.05, 0) is 47.3 Å². The number of hydrogen-bond donors (Lipinski definition) is 1. The minimum atomic E-state index is -3.56. The Morgan fingerprint density at radius 1 is 1.37 bits per heavy atom. The van der Waals surface area contributed by atoms with Gasteiger partial charge < -0.3 is 0 Å². The van der Waals surface area contributed by atoms with Gasteiger partial charge in [0, 0.05) is 6.04 Å². The highest BCUT2D eigenvalue weighted by Gasteiger charge is 2.28. The number of hydrogen-bond acceptors (Lipinski definition) is 5. The molecule has 0 saturated carbocycles. The Labute approximate surface area is 125 Å². The van der Waals surface area contributed by atoms with Crippen molar-refractivity contribution in [2.75, 3.05) is 11.5 Å². The first kappa shape index (κ1) is 15.4. The van der Waals surface area contributed by atoms with Crippen molar-refractivity contribution in [3.63, 3.8) is 0 Å². The van der Waals surface area contributed by atoms with Crippen molar-refractivity contribution in [3.05, 3.63) is 15.4 Å². The minimum absolute atomic E-state index is 0.0490. The highest BCUT2D eigenvalue weighted by Crippen LogP contribution is 2.30. The van der Waals surface area contributed by atoms with Crippen LogP contribution in [0, 0.1) is 6.92 Å². The van der Waals surface area contributed by atoms with E-state index < -0.39 is 19.9 Å². The fourth-order valence-electron chi connectivity index (χ4n) is 1.85. The van der Waals surface area contributed by atoms with Crippen LogP contribution in [0.15, 0.2) is 14.1 Å². The summed E-state index contributed by atoms with van der Waals surface area (Å²) < 4.78 is 50.5. The molecule has 1 saturated heterocycles. The third kappa shape index (κ3) is 3.78. The molecular formula is C10H14BrNO4S3. The Kier molecular flexibility index (Phi) is 4.41. The second-order valence-corrected chi connectivity index (χ2v) is 11.2. The van der Waals surface area contributed by atoms with E-state index in [1.165, 1.54) is 0 Å². The molecule has 1 aromatic rings. The third-order valence-corrected chi connectivity index (χ3v) is 8.82. The normalized spacial score (nSPS) is 20.5. The Hall–Kier alpha value is 0.0400. The quantitative estimate of drug-likeness (QED) is 0.854. The molecule has 0 amide bonds. The summed E-state index contributed by atoms with van der Waals surface area (Å²) in [6.07, 6.45) is 0.681. The second kappa shape index (κ2) is 5.44. The van der Waals surface area contributed by atoms with E-state index in [4.69, 9.17) is 0 Å². The summed E-state index contributed by atoms with van der Waals surface area (Å²) >= 11 is 4.45. The van der Waals surface area contributed by atoms with E-state index in [2.05, 4.69) is 20.7 Å². The molecule has 0 bridgehead atoms. The zero-order valence-electron chi connectivity index (χ0n) is 10.2. The number of sulfone groups is 1. The summed E-state index contributed by atoms with van der Waals surface area (Å²) in [6.45, 7) is 1.83. The standard InChI is InChI=1S/C10H14BrNO4S3/c1-7-6-9(17-10(7)11)19(15,16)12-8-2-4-18(13,14)5-3-8/h6,8,12H,2-5H2,1H3. The predicted molar refractivity (Wildman–Crippen MR) is 78.8 cm³/mol. The Morgan fingerprint density at radius 2 is 1.95 bits per heavy atom. The summed E-state index contributed by atoms with van der Waals surface area (Å²) in [6, 6.07) is 1.31. The lowest BCUT2D eigenvalue weighted by molar-refractivity contribution is 0.506. The molecule has 2 rings (SSSR count). The number of aryl methyl sites for hydroxylation is 1. The first-order chi connectivity index (χ1) is 8.70. The summed E-state index contributed by atoms with van der Waals surface area (Å²) in [7, 11) is -6.53. The van der Waals surface area contributed by atoms with Crippen LogP contribution < -0.4 is 4.72 Å². The van der Waals surface area contributed by atoms with Gasteiger partial charge in [-0.2, -0.15) is 0 Å². The second-order valence-electron chi connectivity index (χ2n) is 4.57. The van der Waals surface area contributed by atoms with Gasteiger partial charge in [0.2, 0.25) is 10.0 Å². The maximum atomic E-state index is 12.2. The van der Waals surface area contributed by atoms with Gasteiger partial charge in [0.25, 0.3) is 0 Å². The molecule has 19 heavy (non-hydrogen) atoms. The van der Waals surface area contributed by atoms with Crippen LogP contribution >= 0.6 is 27.3 Å². The van der Waals surface area contributed by atoms with E-state index in [0.29, 0.717) is 12.8 Å². The van der Waals surface area contributed by atoms with Crippen molar-refractivity contribution in [1.82, 2.24) is 4.72 Å². The molecule has 0 unspecified atom stereocenters. The van der Waals surface area contributed by atoms with Crippen molar-refractivity contribution in [2.24, 2.45) is 0 Å². The van der Waals surface area contributed by atoms with Crippen LogP contribution in [0.5, 0.6) is 0 Å². The van der Waals surface area contributed by atoms with Gasteiger partial charge in [0.15, 0.2) is 0 Å². The van der Waals surface area contributed by atoms with Crippen molar-refractivity contribution in [1.29, 1.82) is 0 Å². The number of thiophene rings is 1. The van der Waals surface area contributed by atoms with Crippen LogP contribution in [0.3, 0.4) is 0 Å². The molecule has 0 radical (unpaired) electrons. The fourth-order valence-corrected chi connectivity index (χ4v) is 6.89. The van der Waals surface area contributed by atoms with Gasteiger partial charge in [0.1, 0.15) is 14.0 Å². The SMILES string of the molecule is Cc1cc(S(=O)(=O)NC2CCS(=O)(=O)CC2)sc1Br. The molecule has 108 valence electrons. The maximum Gasteiger partial charge on any atom is 0.250 e. The van der Waals surface area contributed by atoms with Gasteiger partial charge in [0.05, 0.1) is 15.3 Å². The molecule has 9 heteroatoms. The van der Waals surface area contributed by atoms with Crippen LogP contribution in [0.1, 0.15) is 18.4 Å². The summed E-state index contributed by atoms with van der Waals surface area (Å²) in [5.74, 6) is 0.0979. The fraction of sp³-hybridized carbons (Fsp3) is 0.600. The van der Waals surface area contributed by atoms with Crippen LogP contribution in [0.2, 0.25) is 0 Å². The predicted octanol–water partition coefficient (Wildman–Crippen LogP) is 1.67. The lowest BCUT2D eigenvalue weighted by atomic mass is 10.2. The van der Waals surface area contributed by atoms with E-state index in [-0.39, 0.29) is 21.8 Å². The average Bonchev–Trinajstić information content (AvgIpc) is 2.63. The van der Waals surface area contributed by atoms with Gasteiger partial charge in [-0.25, -0.2) is 21.6 Å². The molecule has 1 N–H and O–H groups in total. The van der Waals surface area contributed by atoms with Gasteiger partial charge in [-0.15, -0.1) is 11.3 Å². The zero-order valence-corrected chi connectivity index (χ0v) is 14.3.